The van der Waals surface area contributed by atoms with Gasteiger partial charge < -0.3 is 22.5 Å². The molecule has 0 unspecified atom stereocenters. The summed E-state index contributed by atoms with van der Waals surface area (Å²) in [7, 11) is -3.15. The third-order valence-corrected chi connectivity index (χ3v) is 13.7. The number of sulfonamides is 1. The largest absolute Gasteiger partial charge is 1.00 e. The van der Waals surface area contributed by atoms with Gasteiger partial charge in [0, 0.05) is 17.9 Å². The molecule has 2 heterocycles. The minimum atomic E-state index is -3.15. The van der Waals surface area contributed by atoms with Crippen molar-refractivity contribution in [2.24, 2.45) is 40.4 Å². The molecule has 3 N–H and O–H groups in total. The Hall–Kier alpha value is -0.140. The maximum absolute atomic E-state index is 12.0. The van der Waals surface area contributed by atoms with Crippen molar-refractivity contribution in [3.63, 3.8) is 0 Å². The maximum Gasteiger partial charge on any atom is 0.208 e. The molecule has 0 aromatic heterocycles. The summed E-state index contributed by atoms with van der Waals surface area (Å²) in [6, 6.07) is 0.751. The standard InChI is InChI=1S/C30H50N2O3S.ClH/c1-18-13-26-27(31-17-18)20(3)30(35-26)12-9-22-23-8-10-28(4)16-21(32-36(6,33)34)7-11-29(28,5)25(23)14-24(22)19(2)15-30;/h18,20-23,25-27,31-32H,7-17H2,1-6H3;1H/t18-,20+,21+,22-,23-,25-,26+,27-,28+,29+,30-;/m0./s1. The zero-order valence-electron chi connectivity index (χ0n) is 24.0. The highest BCUT2D eigenvalue weighted by molar-refractivity contribution is 7.88. The Morgan fingerprint density at radius 2 is 1.84 bits per heavy atom. The van der Waals surface area contributed by atoms with Crippen LogP contribution in [-0.4, -0.2) is 45.0 Å². The van der Waals surface area contributed by atoms with Crippen molar-refractivity contribution in [2.45, 2.75) is 123 Å². The van der Waals surface area contributed by atoms with Crippen LogP contribution in [0.5, 0.6) is 0 Å². The number of fused-ring (bicyclic) bond motifs is 6. The van der Waals surface area contributed by atoms with Crippen LogP contribution >= 0.6 is 0 Å². The first kappa shape index (κ1) is 28.4. The molecule has 2 aliphatic heterocycles. The Morgan fingerprint density at radius 3 is 2.57 bits per heavy atom. The minimum Gasteiger partial charge on any atom is -1.00 e. The van der Waals surface area contributed by atoms with E-state index in [4.69, 9.17) is 4.74 Å². The summed E-state index contributed by atoms with van der Waals surface area (Å²) >= 11 is 0. The van der Waals surface area contributed by atoms with Gasteiger partial charge in [-0.25, -0.2) is 13.1 Å². The number of halogens is 1. The normalized spacial score (nSPS) is 51.5. The van der Waals surface area contributed by atoms with Crippen LogP contribution in [-0.2, 0) is 14.8 Å². The number of allylic oxidation sites excluding steroid dienone is 1. The smallest absolute Gasteiger partial charge is 0.208 e. The van der Waals surface area contributed by atoms with Gasteiger partial charge in [-0.3, -0.25) is 0 Å². The van der Waals surface area contributed by atoms with Gasteiger partial charge >= 0.3 is 0 Å². The van der Waals surface area contributed by atoms with Crippen molar-refractivity contribution in [1.82, 2.24) is 4.72 Å². The monoisotopic (exact) mass is 554 g/mol. The highest BCUT2D eigenvalue weighted by Crippen LogP contribution is 2.69. The molecular formula is C30H51ClN2O3S. The molecular weight excluding hydrogens is 504 g/mol. The van der Waals surface area contributed by atoms with Gasteiger partial charge in [-0.05, 0) is 99.7 Å². The average Bonchev–Trinajstić information content (AvgIpc) is 3.23. The van der Waals surface area contributed by atoms with Crippen molar-refractivity contribution in [2.75, 3.05) is 12.8 Å². The van der Waals surface area contributed by atoms with E-state index in [1.807, 2.05) is 0 Å². The first-order chi connectivity index (χ1) is 16.8. The van der Waals surface area contributed by atoms with Crippen molar-refractivity contribution in [3.05, 3.63) is 11.1 Å². The Morgan fingerprint density at radius 1 is 1.08 bits per heavy atom. The van der Waals surface area contributed by atoms with Crippen LogP contribution in [0.2, 0.25) is 0 Å². The van der Waals surface area contributed by atoms with E-state index in [0.717, 1.165) is 49.4 Å². The van der Waals surface area contributed by atoms with Crippen LogP contribution in [0, 0.1) is 40.4 Å². The zero-order valence-corrected chi connectivity index (χ0v) is 25.6. The quantitative estimate of drug-likeness (QED) is 0.507. The van der Waals surface area contributed by atoms with Crippen LogP contribution in [0.15, 0.2) is 11.1 Å². The first-order valence-electron chi connectivity index (χ1n) is 15.0. The third kappa shape index (κ3) is 4.47. The van der Waals surface area contributed by atoms with Gasteiger partial charge in [0.25, 0.3) is 0 Å². The van der Waals surface area contributed by atoms with Crippen molar-refractivity contribution >= 4 is 10.0 Å². The highest BCUT2D eigenvalue weighted by atomic mass is 35.5. The van der Waals surface area contributed by atoms with Crippen LogP contribution in [0.25, 0.3) is 0 Å². The van der Waals surface area contributed by atoms with E-state index >= 15 is 0 Å². The Labute approximate surface area is 232 Å². The van der Waals surface area contributed by atoms with Crippen molar-refractivity contribution < 1.29 is 30.9 Å². The molecule has 0 aromatic rings. The van der Waals surface area contributed by atoms with E-state index in [1.165, 1.54) is 51.3 Å². The molecule has 7 heteroatoms. The highest BCUT2D eigenvalue weighted by Gasteiger charge is 2.63. The molecule has 4 aliphatic carbocycles. The van der Waals surface area contributed by atoms with E-state index in [0.29, 0.717) is 23.5 Å². The fraction of sp³-hybridized carbons (Fsp3) is 0.933. The second-order valence-corrected chi connectivity index (χ2v) is 16.6. The number of hydrogen-bond donors (Lipinski definition) is 2. The summed E-state index contributed by atoms with van der Waals surface area (Å²) in [4.78, 5) is 0. The molecule has 5 nitrogen and oxygen atoms in total. The Bertz CT molecular complexity index is 1050. The molecule has 0 aromatic carbocycles. The van der Waals surface area contributed by atoms with Crippen LogP contribution in [0.3, 0.4) is 0 Å². The molecule has 37 heavy (non-hydrogen) atoms. The fourth-order valence-electron chi connectivity index (χ4n) is 10.8. The maximum atomic E-state index is 12.0. The topological polar surface area (TPSA) is 72.0 Å². The third-order valence-electron chi connectivity index (χ3n) is 12.9. The summed E-state index contributed by atoms with van der Waals surface area (Å²) in [5.41, 5.74) is 4.03. The molecule has 6 rings (SSSR count). The summed E-state index contributed by atoms with van der Waals surface area (Å²) < 4.78 is 34.0. The number of hydrogen-bond acceptors (Lipinski definition) is 3. The van der Waals surface area contributed by atoms with Gasteiger partial charge in [-0.1, -0.05) is 38.8 Å². The number of ether oxygens (including phenoxy) is 1. The zero-order chi connectivity index (χ0) is 25.7. The number of piperidine rings is 1. The predicted molar refractivity (Wildman–Crippen MR) is 144 cm³/mol. The first-order valence-corrected chi connectivity index (χ1v) is 16.9. The van der Waals surface area contributed by atoms with Gasteiger partial charge in [0.2, 0.25) is 10.0 Å². The van der Waals surface area contributed by atoms with Gasteiger partial charge in [-0.2, -0.15) is 0 Å². The molecule has 5 fully saturated rings. The Balaban J connectivity index is 0.00000280. The molecule has 0 amide bonds. The SMILES string of the molecule is CC1=C2C[C@H]3[C@@H](CC[C@]4(C)C[C@H](NS(C)(=O)=O)CC[C@]34C)[C@@H]2CC[C@@]2(C1)O[C@@H]1C[C@H](C)C[NH2+][C@H]1[C@H]2C.[Cl-]. The summed E-state index contributed by atoms with van der Waals surface area (Å²) in [5, 5.41) is 2.61. The lowest BCUT2D eigenvalue weighted by Crippen LogP contribution is -3.00. The van der Waals surface area contributed by atoms with Gasteiger partial charge in [-0.15, -0.1) is 0 Å². The van der Waals surface area contributed by atoms with E-state index in [2.05, 4.69) is 44.7 Å². The molecule has 1 spiro atoms. The van der Waals surface area contributed by atoms with Gasteiger partial charge in [0.1, 0.15) is 12.1 Å². The molecule has 3 saturated carbocycles. The predicted octanol–water partition coefficient (Wildman–Crippen LogP) is 1.40. The van der Waals surface area contributed by atoms with Crippen LogP contribution < -0.4 is 22.4 Å². The van der Waals surface area contributed by atoms with E-state index < -0.39 is 10.0 Å². The lowest BCUT2D eigenvalue weighted by Gasteiger charge is -2.60. The molecule has 11 atom stereocenters. The summed E-state index contributed by atoms with van der Waals surface area (Å²) in [6.45, 7) is 13.7. The van der Waals surface area contributed by atoms with Crippen molar-refractivity contribution in [1.29, 1.82) is 0 Å². The van der Waals surface area contributed by atoms with Crippen LogP contribution in [0.1, 0.15) is 98.8 Å². The second-order valence-electron chi connectivity index (χ2n) is 14.8. The lowest BCUT2D eigenvalue weighted by molar-refractivity contribution is -0.710. The number of quaternary nitrogens is 1. The molecule has 2 saturated heterocycles. The number of nitrogens with one attached hydrogen (secondary N) is 1. The second kappa shape index (κ2) is 9.46. The number of rotatable bonds is 2. The molecule has 0 radical (unpaired) electrons. The van der Waals surface area contributed by atoms with Gasteiger partial charge in [0.15, 0.2) is 0 Å². The lowest BCUT2D eigenvalue weighted by atomic mass is 9.45. The summed E-state index contributed by atoms with van der Waals surface area (Å²) in [6.07, 6.45) is 13.6. The van der Waals surface area contributed by atoms with E-state index in [1.54, 1.807) is 11.1 Å². The molecule has 6 aliphatic rings. The van der Waals surface area contributed by atoms with E-state index in [-0.39, 0.29) is 29.5 Å². The molecule has 0 bridgehead atoms. The van der Waals surface area contributed by atoms with Crippen LogP contribution in [0.4, 0.5) is 0 Å². The fourth-order valence-corrected chi connectivity index (χ4v) is 11.6. The average molecular weight is 555 g/mol. The van der Waals surface area contributed by atoms with Gasteiger partial charge in [0.05, 0.1) is 18.4 Å². The minimum absolute atomic E-state index is 0. The summed E-state index contributed by atoms with van der Waals surface area (Å²) in [5.74, 6) is 3.68. The number of nitrogens with two attached hydrogens (primary N) is 1. The Kier molecular flexibility index (Phi) is 7.26. The van der Waals surface area contributed by atoms with E-state index in [9.17, 15) is 8.42 Å². The molecule has 212 valence electrons. The van der Waals surface area contributed by atoms with Crippen molar-refractivity contribution in [3.8, 4) is 0 Å².